The Labute approximate surface area is 134 Å². The van der Waals surface area contributed by atoms with Gasteiger partial charge in [-0.05, 0) is 19.4 Å². The molecule has 0 spiro atoms. The fourth-order valence-electron chi connectivity index (χ4n) is 2.48. The van der Waals surface area contributed by atoms with Crippen LogP contribution in [-0.4, -0.2) is 45.1 Å². The van der Waals surface area contributed by atoms with Gasteiger partial charge >= 0.3 is 0 Å². The zero-order valence-electron chi connectivity index (χ0n) is 15.0. The molecule has 0 atom stereocenters. The molecule has 124 valence electrons. The van der Waals surface area contributed by atoms with Crippen molar-refractivity contribution in [2.24, 2.45) is 0 Å². The number of hydrogen-bond donors (Lipinski definition) is 1. The van der Waals surface area contributed by atoms with E-state index in [0.29, 0.717) is 13.0 Å². The summed E-state index contributed by atoms with van der Waals surface area (Å²) in [6.07, 6.45) is 0.369. The standard InChI is InChI=1S/C18H30N2O2/c1-13-10-14(12-16(21)20(6)9-8-19-5)17(22-7)15(11-13)18(2,3)4/h10-11,19H,8-9,12H2,1-7H3. The van der Waals surface area contributed by atoms with Crippen molar-refractivity contribution in [2.45, 2.75) is 39.5 Å². The van der Waals surface area contributed by atoms with Crippen LogP contribution in [0.15, 0.2) is 12.1 Å². The van der Waals surface area contributed by atoms with Crippen LogP contribution in [-0.2, 0) is 16.6 Å². The van der Waals surface area contributed by atoms with E-state index in [2.05, 4.69) is 45.1 Å². The molecule has 22 heavy (non-hydrogen) atoms. The summed E-state index contributed by atoms with van der Waals surface area (Å²) in [7, 11) is 5.41. The lowest BCUT2D eigenvalue weighted by atomic mass is 9.83. The van der Waals surface area contributed by atoms with E-state index >= 15 is 0 Å². The molecule has 0 heterocycles. The molecule has 0 fully saturated rings. The minimum absolute atomic E-state index is 0.0206. The molecule has 1 aromatic carbocycles. The molecule has 1 amide bonds. The lowest BCUT2D eigenvalue weighted by molar-refractivity contribution is -0.129. The molecule has 0 unspecified atom stereocenters. The molecule has 0 aliphatic carbocycles. The lowest BCUT2D eigenvalue weighted by Gasteiger charge is -2.25. The highest BCUT2D eigenvalue weighted by atomic mass is 16.5. The van der Waals surface area contributed by atoms with E-state index in [1.54, 1.807) is 12.0 Å². The molecule has 0 saturated heterocycles. The van der Waals surface area contributed by atoms with Gasteiger partial charge in [0, 0.05) is 31.3 Å². The first-order chi connectivity index (χ1) is 10.2. The van der Waals surface area contributed by atoms with E-state index in [-0.39, 0.29) is 11.3 Å². The Morgan fingerprint density at radius 1 is 1.32 bits per heavy atom. The highest BCUT2D eigenvalue weighted by molar-refractivity contribution is 5.79. The summed E-state index contributed by atoms with van der Waals surface area (Å²) in [5.41, 5.74) is 3.25. The molecule has 4 nitrogen and oxygen atoms in total. The van der Waals surface area contributed by atoms with Crippen molar-refractivity contribution in [1.29, 1.82) is 0 Å². The van der Waals surface area contributed by atoms with Crippen LogP contribution in [0.5, 0.6) is 5.75 Å². The van der Waals surface area contributed by atoms with Gasteiger partial charge in [0.05, 0.1) is 13.5 Å². The van der Waals surface area contributed by atoms with E-state index < -0.39 is 0 Å². The van der Waals surface area contributed by atoms with Gasteiger partial charge in [0.2, 0.25) is 5.91 Å². The average molecular weight is 306 g/mol. The second kappa shape index (κ2) is 7.63. The van der Waals surface area contributed by atoms with Crippen molar-refractivity contribution < 1.29 is 9.53 Å². The van der Waals surface area contributed by atoms with Crippen molar-refractivity contribution in [3.63, 3.8) is 0 Å². The number of carbonyl (C=O) groups excluding carboxylic acids is 1. The molecule has 0 bridgehead atoms. The zero-order valence-corrected chi connectivity index (χ0v) is 15.0. The Kier molecular flexibility index (Phi) is 6.42. The van der Waals surface area contributed by atoms with E-state index in [1.807, 2.05) is 14.1 Å². The van der Waals surface area contributed by atoms with E-state index in [0.717, 1.165) is 29.0 Å². The summed E-state index contributed by atoms with van der Waals surface area (Å²) < 4.78 is 5.64. The Hall–Kier alpha value is -1.55. The Morgan fingerprint density at radius 2 is 1.95 bits per heavy atom. The molecule has 0 aliphatic rings. The first kappa shape index (κ1) is 18.5. The Morgan fingerprint density at radius 3 is 2.45 bits per heavy atom. The van der Waals surface area contributed by atoms with Crippen LogP contribution in [0.1, 0.15) is 37.5 Å². The maximum Gasteiger partial charge on any atom is 0.226 e. The van der Waals surface area contributed by atoms with Gasteiger partial charge in [0.15, 0.2) is 0 Å². The second-order valence-electron chi connectivity index (χ2n) is 6.85. The fraction of sp³-hybridized carbons (Fsp3) is 0.611. The monoisotopic (exact) mass is 306 g/mol. The van der Waals surface area contributed by atoms with Gasteiger partial charge in [-0.1, -0.05) is 38.5 Å². The average Bonchev–Trinajstić information content (AvgIpc) is 2.43. The molecule has 0 saturated carbocycles. The first-order valence-corrected chi connectivity index (χ1v) is 7.77. The largest absolute Gasteiger partial charge is 0.496 e. The number of amides is 1. The number of ether oxygens (including phenoxy) is 1. The number of nitrogens with zero attached hydrogens (tertiary/aromatic N) is 1. The van der Waals surface area contributed by atoms with Crippen LogP contribution < -0.4 is 10.1 Å². The van der Waals surface area contributed by atoms with Crippen LogP contribution in [0.25, 0.3) is 0 Å². The van der Waals surface area contributed by atoms with Crippen LogP contribution in [0.4, 0.5) is 0 Å². The van der Waals surface area contributed by atoms with E-state index in [9.17, 15) is 4.79 Å². The highest BCUT2D eigenvalue weighted by Crippen LogP contribution is 2.35. The van der Waals surface area contributed by atoms with Gasteiger partial charge in [0.1, 0.15) is 5.75 Å². The van der Waals surface area contributed by atoms with Crippen molar-refractivity contribution in [1.82, 2.24) is 10.2 Å². The van der Waals surface area contributed by atoms with Gasteiger partial charge in [-0.15, -0.1) is 0 Å². The smallest absolute Gasteiger partial charge is 0.226 e. The molecular formula is C18H30N2O2. The number of aryl methyl sites for hydroxylation is 1. The van der Waals surface area contributed by atoms with E-state index in [1.165, 1.54) is 0 Å². The quantitative estimate of drug-likeness (QED) is 0.878. The van der Waals surface area contributed by atoms with Gasteiger partial charge in [-0.2, -0.15) is 0 Å². The van der Waals surface area contributed by atoms with Crippen LogP contribution in [0.2, 0.25) is 0 Å². The van der Waals surface area contributed by atoms with Gasteiger partial charge in [-0.25, -0.2) is 0 Å². The number of benzene rings is 1. The van der Waals surface area contributed by atoms with Crippen molar-refractivity contribution >= 4 is 5.91 Å². The summed E-state index contributed by atoms with van der Waals surface area (Å²) in [6, 6.07) is 4.20. The normalized spacial score (nSPS) is 11.4. The van der Waals surface area contributed by atoms with Crippen LogP contribution >= 0.6 is 0 Å². The molecule has 0 aliphatic heterocycles. The third-order valence-electron chi connectivity index (χ3n) is 3.79. The van der Waals surface area contributed by atoms with E-state index in [4.69, 9.17) is 4.74 Å². The first-order valence-electron chi connectivity index (χ1n) is 7.77. The molecule has 1 aromatic rings. The summed E-state index contributed by atoms with van der Waals surface area (Å²) in [6.45, 7) is 10.0. The van der Waals surface area contributed by atoms with Crippen molar-refractivity contribution in [3.8, 4) is 5.75 Å². The summed E-state index contributed by atoms with van der Waals surface area (Å²) >= 11 is 0. The fourth-order valence-corrected chi connectivity index (χ4v) is 2.48. The van der Waals surface area contributed by atoms with Crippen molar-refractivity contribution in [3.05, 3.63) is 28.8 Å². The summed E-state index contributed by atoms with van der Waals surface area (Å²) in [5, 5.41) is 3.06. The van der Waals surface area contributed by atoms with Gasteiger partial charge < -0.3 is 15.0 Å². The molecule has 0 aromatic heterocycles. The number of nitrogens with one attached hydrogen (secondary N) is 1. The highest BCUT2D eigenvalue weighted by Gasteiger charge is 2.23. The minimum atomic E-state index is -0.0206. The summed E-state index contributed by atoms with van der Waals surface area (Å²) in [5.74, 6) is 0.951. The predicted octanol–water partition coefficient (Wildman–Crippen LogP) is 2.52. The molecule has 1 N–H and O–H groups in total. The molecule has 4 heteroatoms. The zero-order chi connectivity index (χ0) is 16.9. The topological polar surface area (TPSA) is 41.6 Å². The third-order valence-corrected chi connectivity index (χ3v) is 3.79. The predicted molar refractivity (Wildman–Crippen MR) is 91.7 cm³/mol. The van der Waals surface area contributed by atoms with Gasteiger partial charge in [-0.3, -0.25) is 4.79 Å². The second-order valence-corrected chi connectivity index (χ2v) is 6.85. The number of carbonyl (C=O) groups is 1. The number of likely N-dealkylation sites (N-methyl/N-ethyl adjacent to an activating group) is 2. The maximum absolute atomic E-state index is 12.4. The van der Waals surface area contributed by atoms with Crippen LogP contribution in [0.3, 0.4) is 0 Å². The number of hydrogen-bond acceptors (Lipinski definition) is 3. The van der Waals surface area contributed by atoms with Gasteiger partial charge in [0.25, 0.3) is 0 Å². The van der Waals surface area contributed by atoms with Crippen LogP contribution in [0, 0.1) is 6.92 Å². The number of methoxy groups -OCH3 is 1. The minimum Gasteiger partial charge on any atom is -0.496 e. The SMILES string of the molecule is CNCCN(C)C(=O)Cc1cc(C)cc(C(C)(C)C)c1OC. The number of rotatable bonds is 6. The molecule has 0 radical (unpaired) electrons. The maximum atomic E-state index is 12.4. The Bertz CT molecular complexity index is 519. The third kappa shape index (κ3) is 4.73. The lowest BCUT2D eigenvalue weighted by Crippen LogP contribution is -2.34. The molecular weight excluding hydrogens is 276 g/mol. The molecule has 1 rings (SSSR count). The van der Waals surface area contributed by atoms with Crippen molar-refractivity contribution in [2.75, 3.05) is 34.3 Å². The Balaban J connectivity index is 3.09. The summed E-state index contributed by atoms with van der Waals surface area (Å²) in [4.78, 5) is 14.2.